The van der Waals surface area contributed by atoms with Crippen LogP contribution in [0, 0.1) is 0 Å². The van der Waals surface area contributed by atoms with Crippen molar-refractivity contribution in [2.24, 2.45) is 0 Å². The Hall–Kier alpha value is -3.54. The molecule has 0 radical (unpaired) electrons. The van der Waals surface area contributed by atoms with E-state index in [-0.39, 0.29) is 12.9 Å². The highest BCUT2D eigenvalue weighted by molar-refractivity contribution is 6.06. The van der Waals surface area contributed by atoms with E-state index in [1.165, 1.54) is 0 Å². The molecule has 4 aliphatic rings. The topological polar surface area (TPSA) is 57.2 Å². The zero-order chi connectivity index (χ0) is 21.5. The molecule has 5 heteroatoms. The average molecular weight is 424 g/mol. The maximum Gasteiger partial charge on any atom is 0.231 e. The minimum Gasteiger partial charge on any atom is -0.497 e. The van der Waals surface area contributed by atoms with E-state index in [2.05, 4.69) is 12.1 Å². The Kier molecular flexibility index (Phi) is 3.41. The van der Waals surface area contributed by atoms with Gasteiger partial charge in [-0.15, -0.1) is 0 Å². The van der Waals surface area contributed by atoms with Crippen LogP contribution < -0.4 is 14.2 Å². The number of benzene rings is 3. The van der Waals surface area contributed by atoms with Gasteiger partial charge in [-0.2, -0.15) is 0 Å². The Balaban J connectivity index is 1.56. The van der Waals surface area contributed by atoms with E-state index < -0.39 is 11.2 Å². The number of methoxy groups -OCH3 is 1. The lowest BCUT2D eigenvalue weighted by Gasteiger charge is -2.38. The smallest absolute Gasteiger partial charge is 0.231 e. The van der Waals surface area contributed by atoms with Crippen molar-refractivity contribution < 1.29 is 24.1 Å². The summed E-state index contributed by atoms with van der Waals surface area (Å²) in [4.78, 5) is 0. The number of ether oxygens (including phenoxy) is 4. The molecule has 32 heavy (non-hydrogen) atoms. The molecule has 0 saturated carbocycles. The van der Waals surface area contributed by atoms with Crippen LogP contribution in [0.2, 0.25) is 0 Å². The molecule has 158 valence electrons. The number of hydrogen-bond donors (Lipinski definition) is 1. The predicted octanol–water partition coefficient (Wildman–Crippen LogP) is 4.29. The van der Waals surface area contributed by atoms with Crippen LogP contribution in [0.5, 0.6) is 17.2 Å². The largest absolute Gasteiger partial charge is 0.497 e. The third-order valence-electron chi connectivity index (χ3n) is 7.05. The van der Waals surface area contributed by atoms with Crippen LogP contribution in [0.15, 0.2) is 78.9 Å². The molecule has 3 aromatic rings. The van der Waals surface area contributed by atoms with Crippen molar-refractivity contribution in [3.63, 3.8) is 0 Å². The van der Waals surface area contributed by atoms with Crippen LogP contribution in [0.25, 0.3) is 11.1 Å². The molecule has 1 spiro atoms. The van der Waals surface area contributed by atoms with Crippen molar-refractivity contribution in [3.8, 4) is 17.2 Å². The van der Waals surface area contributed by atoms with E-state index in [9.17, 15) is 5.11 Å². The zero-order valence-corrected chi connectivity index (χ0v) is 17.4. The van der Waals surface area contributed by atoms with Gasteiger partial charge >= 0.3 is 0 Å². The first kappa shape index (κ1) is 18.1. The van der Waals surface area contributed by atoms with Crippen LogP contribution >= 0.6 is 0 Å². The fourth-order valence-electron chi connectivity index (χ4n) is 5.65. The lowest BCUT2D eigenvalue weighted by atomic mass is 9.74. The van der Waals surface area contributed by atoms with E-state index in [1.54, 1.807) is 7.11 Å². The van der Waals surface area contributed by atoms with Gasteiger partial charge in [-0.25, -0.2) is 0 Å². The Labute approximate surface area is 185 Å². The summed E-state index contributed by atoms with van der Waals surface area (Å²) in [5.74, 6) is 2.05. The van der Waals surface area contributed by atoms with Gasteiger partial charge in [0, 0.05) is 11.1 Å². The van der Waals surface area contributed by atoms with Crippen molar-refractivity contribution in [3.05, 3.63) is 101 Å². The quantitative estimate of drug-likeness (QED) is 0.636. The van der Waals surface area contributed by atoms with E-state index in [0.717, 1.165) is 39.1 Å². The van der Waals surface area contributed by atoms with Gasteiger partial charge in [0.05, 0.1) is 7.11 Å². The second kappa shape index (κ2) is 6.03. The number of aliphatic hydroxyl groups is 1. The summed E-state index contributed by atoms with van der Waals surface area (Å²) < 4.78 is 23.4. The third kappa shape index (κ3) is 2.01. The molecule has 2 bridgehead atoms. The molecule has 1 N–H and O–H groups in total. The number of hydrogen-bond acceptors (Lipinski definition) is 5. The summed E-state index contributed by atoms with van der Waals surface area (Å²) in [5, 5.41) is 12.6. The van der Waals surface area contributed by atoms with Crippen molar-refractivity contribution in [1.82, 2.24) is 0 Å². The van der Waals surface area contributed by atoms with Crippen molar-refractivity contribution in [2.45, 2.75) is 17.3 Å². The average Bonchev–Trinajstić information content (AvgIpc) is 3.60. The molecule has 0 saturated heterocycles. The van der Waals surface area contributed by atoms with Gasteiger partial charge in [0.15, 0.2) is 22.7 Å². The lowest BCUT2D eigenvalue weighted by Crippen LogP contribution is -2.47. The summed E-state index contributed by atoms with van der Waals surface area (Å²) in [5.41, 5.74) is 3.09. The summed E-state index contributed by atoms with van der Waals surface area (Å²) in [6.07, 6.45) is 3.83. The molecule has 1 aliphatic carbocycles. The van der Waals surface area contributed by atoms with Gasteiger partial charge in [-0.3, -0.25) is 0 Å². The second-order valence-electron chi connectivity index (χ2n) is 8.48. The SMILES string of the molecule is COc1ccc([C@]2(O)c3cc4c(cc3C3=C(c5ccccc5)[C@@H]5C=C[C@@]32O5)OCO4)cc1. The Morgan fingerprint density at radius 3 is 2.47 bits per heavy atom. The van der Waals surface area contributed by atoms with Gasteiger partial charge in [-0.05, 0) is 52.6 Å². The molecule has 0 unspecified atom stereocenters. The maximum atomic E-state index is 12.6. The summed E-state index contributed by atoms with van der Waals surface area (Å²) >= 11 is 0. The van der Waals surface area contributed by atoms with Gasteiger partial charge in [0.25, 0.3) is 0 Å². The molecule has 0 amide bonds. The first-order chi connectivity index (χ1) is 15.7. The lowest BCUT2D eigenvalue weighted by molar-refractivity contribution is -0.0873. The molecule has 5 nitrogen and oxygen atoms in total. The molecule has 7 rings (SSSR count). The number of fused-ring (bicyclic) bond motifs is 4. The van der Waals surface area contributed by atoms with Gasteiger partial charge in [0.1, 0.15) is 11.9 Å². The summed E-state index contributed by atoms with van der Waals surface area (Å²) in [7, 11) is 1.63. The fraction of sp³-hybridized carbons (Fsp3) is 0.185. The molecule has 0 fully saturated rings. The van der Waals surface area contributed by atoms with Gasteiger partial charge in [0.2, 0.25) is 6.79 Å². The van der Waals surface area contributed by atoms with Crippen molar-refractivity contribution in [1.29, 1.82) is 0 Å². The molecule has 3 atom stereocenters. The van der Waals surface area contributed by atoms with Crippen LogP contribution in [0.4, 0.5) is 0 Å². The fourth-order valence-corrected chi connectivity index (χ4v) is 5.65. The Morgan fingerprint density at radius 1 is 0.969 bits per heavy atom. The van der Waals surface area contributed by atoms with Crippen LogP contribution in [0.3, 0.4) is 0 Å². The van der Waals surface area contributed by atoms with Crippen molar-refractivity contribution >= 4 is 11.1 Å². The van der Waals surface area contributed by atoms with E-state index in [0.29, 0.717) is 11.5 Å². The molecule has 0 aromatic heterocycles. The van der Waals surface area contributed by atoms with Crippen LogP contribution in [0.1, 0.15) is 22.3 Å². The minimum atomic E-state index is -1.44. The first-order valence-electron chi connectivity index (χ1n) is 10.6. The number of rotatable bonds is 3. The summed E-state index contributed by atoms with van der Waals surface area (Å²) in [6.45, 7) is 0.175. The molecule has 3 heterocycles. The van der Waals surface area contributed by atoms with Gasteiger partial charge in [-0.1, -0.05) is 48.5 Å². The van der Waals surface area contributed by atoms with Crippen LogP contribution in [-0.4, -0.2) is 30.7 Å². The van der Waals surface area contributed by atoms with E-state index >= 15 is 0 Å². The highest BCUT2D eigenvalue weighted by Gasteiger charge is 2.68. The maximum absolute atomic E-state index is 12.6. The standard InChI is InChI=1S/C27H20O5/c1-29-18-9-7-17(8-10-18)27(28)20-14-23-22(30-15-31-23)13-19(20)25-24(16-5-3-2-4-6-16)21-11-12-26(25,27)32-21/h2-14,21,28H,15H2,1H3/t21-,26+,27-/m0/s1. The zero-order valence-electron chi connectivity index (χ0n) is 17.4. The van der Waals surface area contributed by atoms with Crippen molar-refractivity contribution in [2.75, 3.05) is 13.9 Å². The molecule has 3 aliphatic heterocycles. The van der Waals surface area contributed by atoms with E-state index in [4.69, 9.17) is 18.9 Å². The second-order valence-corrected chi connectivity index (χ2v) is 8.48. The normalized spacial score (nSPS) is 28.2. The Morgan fingerprint density at radius 2 is 1.72 bits per heavy atom. The minimum absolute atomic E-state index is 0.175. The van der Waals surface area contributed by atoms with E-state index in [1.807, 2.05) is 66.7 Å². The first-order valence-corrected chi connectivity index (χ1v) is 10.6. The van der Waals surface area contributed by atoms with Gasteiger partial charge < -0.3 is 24.1 Å². The van der Waals surface area contributed by atoms with Crippen LogP contribution in [-0.2, 0) is 10.3 Å². The third-order valence-corrected chi connectivity index (χ3v) is 7.05. The molecule has 3 aromatic carbocycles. The Bertz CT molecular complexity index is 1320. The molecular formula is C27H20O5. The molecular weight excluding hydrogens is 404 g/mol. The summed E-state index contributed by atoms with van der Waals surface area (Å²) in [6, 6.07) is 21.6. The predicted molar refractivity (Wildman–Crippen MR) is 119 cm³/mol. The highest BCUT2D eigenvalue weighted by Crippen LogP contribution is 2.67. The highest BCUT2D eigenvalue weighted by atomic mass is 16.7. The monoisotopic (exact) mass is 424 g/mol.